The minimum absolute atomic E-state index is 0.103. The molecule has 0 aromatic heterocycles. The Morgan fingerprint density at radius 1 is 1.47 bits per heavy atom. The van der Waals surface area contributed by atoms with Crippen molar-refractivity contribution in [3.05, 3.63) is 0 Å². The van der Waals surface area contributed by atoms with Crippen LogP contribution in [0.25, 0.3) is 0 Å². The van der Waals surface area contributed by atoms with Crippen LogP contribution in [0.4, 0.5) is 0 Å². The van der Waals surface area contributed by atoms with Crippen molar-refractivity contribution in [1.82, 2.24) is 0 Å². The van der Waals surface area contributed by atoms with Crippen molar-refractivity contribution in [3.8, 4) is 0 Å². The highest BCUT2D eigenvalue weighted by molar-refractivity contribution is 4.80. The van der Waals surface area contributed by atoms with Crippen LogP contribution in [0.2, 0.25) is 0 Å². The molecule has 0 aromatic rings. The molecule has 2 heteroatoms. The van der Waals surface area contributed by atoms with E-state index in [9.17, 15) is 5.11 Å². The van der Waals surface area contributed by atoms with Gasteiger partial charge < -0.3 is 9.84 Å². The van der Waals surface area contributed by atoms with Crippen molar-refractivity contribution < 1.29 is 9.84 Å². The summed E-state index contributed by atoms with van der Waals surface area (Å²) in [5.41, 5.74) is 0.251. The van der Waals surface area contributed by atoms with Crippen molar-refractivity contribution in [2.24, 2.45) is 5.41 Å². The first kappa shape index (κ1) is 13.0. The Balaban J connectivity index is 2.30. The van der Waals surface area contributed by atoms with E-state index in [4.69, 9.17) is 4.74 Å². The van der Waals surface area contributed by atoms with Gasteiger partial charge in [-0.05, 0) is 31.1 Å². The van der Waals surface area contributed by atoms with Gasteiger partial charge in [-0.25, -0.2) is 0 Å². The molecule has 0 saturated carbocycles. The second-order valence-electron chi connectivity index (χ2n) is 5.59. The molecule has 1 aliphatic rings. The largest absolute Gasteiger partial charge is 0.390 e. The monoisotopic (exact) mass is 214 g/mol. The second-order valence-corrected chi connectivity index (χ2v) is 5.59. The number of hydrogen-bond donors (Lipinski definition) is 1. The van der Waals surface area contributed by atoms with Crippen LogP contribution in [0.15, 0.2) is 0 Å². The zero-order chi connectivity index (χ0) is 11.3. The van der Waals surface area contributed by atoms with Gasteiger partial charge in [0.2, 0.25) is 0 Å². The normalized spacial score (nSPS) is 24.4. The Hall–Kier alpha value is -0.0800. The highest BCUT2D eigenvalue weighted by atomic mass is 16.5. The average molecular weight is 214 g/mol. The highest BCUT2D eigenvalue weighted by Crippen LogP contribution is 2.31. The molecule has 2 atom stereocenters. The van der Waals surface area contributed by atoms with Crippen LogP contribution < -0.4 is 0 Å². The molecule has 1 aliphatic heterocycles. The molecule has 0 amide bonds. The van der Waals surface area contributed by atoms with E-state index >= 15 is 0 Å². The number of hydrogen-bond acceptors (Lipinski definition) is 2. The van der Waals surface area contributed by atoms with E-state index in [0.29, 0.717) is 0 Å². The number of ether oxygens (including phenoxy) is 1. The van der Waals surface area contributed by atoms with Gasteiger partial charge >= 0.3 is 0 Å². The van der Waals surface area contributed by atoms with Gasteiger partial charge in [0, 0.05) is 6.61 Å². The Labute approximate surface area is 94.0 Å². The molecule has 15 heavy (non-hydrogen) atoms. The average Bonchev–Trinajstić information content (AvgIpc) is 2.67. The van der Waals surface area contributed by atoms with Crippen LogP contribution >= 0.6 is 0 Å². The summed E-state index contributed by atoms with van der Waals surface area (Å²) in [4.78, 5) is 0. The van der Waals surface area contributed by atoms with Gasteiger partial charge in [-0.2, -0.15) is 0 Å². The molecule has 1 saturated heterocycles. The summed E-state index contributed by atoms with van der Waals surface area (Å²) < 4.78 is 5.52. The summed E-state index contributed by atoms with van der Waals surface area (Å²) in [5.74, 6) is 0. The Kier molecular flexibility index (Phi) is 5.07. The molecule has 0 spiro atoms. The summed E-state index contributed by atoms with van der Waals surface area (Å²) in [7, 11) is 0. The third kappa shape index (κ3) is 4.52. The molecule has 1 N–H and O–H groups in total. The number of aliphatic hydroxyl groups excluding tert-OH is 1. The predicted molar refractivity (Wildman–Crippen MR) is 62.9 cm³/mol. The molecule has 90 valence electrons. The molecule has 1 fully saturated rings. The van der Waals surface area contributed by atoms with Crippen molar-refractivity contribution >= 4 is 0 Å². The predicted octanol–water partition coefficient (Wildman–Crippen LogP) is 3.13. The fourth-order valence-electron chi connectivity index (χ4n) is 2.36. The minimum atomic E-state index is -0.264. The lowest BCUT2D eigenvalue weighted by Crippen LogP contribution is -2.30. The number of aliphatic hydroxyl groups is 1. The van der Waals surface area contributed by atoms with Gasteiger partial charge in [-0.3, -0.25) is 0 Å². The maximum Gasteiger partial charge on any atom is 0.0834 e. The van der Waals surface area contributed by atoms with E-state index in [1.165, 1.54) is 19.3 Å². The molecule has 2 unspecified atom stereocenters. The Morgan fingerprint density at radius 2 is 2.20 bits per heavy atom. The highest BCUT2D eigenvalue weighted by Gasteiger charge is 2.29. The van der Waals surface area contributed by atoms with Crippen LogP contribution in [0.3, 0.4) is 0 Å². The van der Waals surface area contributed by atoms with Crippen LogP contribution in [0, 0.1) is 5.41 Å². The van der Waals surface area contributed by atoms with Gasteiger partial charge in [0.1, 0.15) is 0 Å². The lowest BCUT2D eigenvalue weighted by atomic mass is 9.80. The molecule has 0 radical (unpaired) electrons. The Morgan fingerprint density at radius 3 is 2.73 bits per heavy atom. The SMILES string of the molecule is CCCCC(C)(C)CC(O)C1CCCO1. The van der Waals surface area contributed by atoms with Crippen LogP contribution in [0.5, 0.6) is 0 Å². The van der Waals surface area contributed by atoms with Gasteiger partial charge in [0.15, 0.2) is 0 Å². The standard InChI is InChI=1S/C13H26O2/c1-4-5-8-13(2,3)10-11(14)12-7-6-9-15-12/h11-12,14H,4-10H2,1-3H3. The van der Waals surface area contributed by atoms with Gasteiger partial charge in [0.05, 0.1) is 12.2 Å². The van der Waals surface area contributed by atoms with E-state index in [2.05, 4.69) is 20.8 Å². The molecule has 0 aliphatic carbocycles. The van der Waals surface area contributed by atoms with Crippen molar-refractivity contribution in [1.29, 1.82) is 0 Å². The number of rotatable bonds is 6. The molecule has 0 aromatic carbocycles. The fraction of sp³-hybridized carbons (Fsp3) is 1.00. The first-order chi connectivity index (χ1) is 7.05. The van der Waals surface area contributed by atoms with E-state index in [1.807, 2.05) is 0 Å². The summed E-state index contributed by atoms with van der Waals surface area (Å²) in [5, 5.41) is 10.1. The van der Waals surface area contributed by atoms with Gasteiger partial charge in [-0.15, -0.1) is 0 Å². The molecule has 0 bridgehead atoms. The van der Waals surface area contributed by atoms with E-state index < -0.39 is 0 Å². The van der Waals surface area contributed by atoms with E-state index in [0.717, 1.165) is 25.9 Å². The molecule has 2 nitrogen and oxygen atoms in total. The maximum absolute atomic E-state index is 10.1. The quantitative estimate of drug-likeness (QED) is 0.736. The second kappa shape index (κ2) is 5.86. The zero-order valence-corrected chi connectivity index (χ0v) is 10.5. The summed E-state index contributed by atoms with van der Waals surface area (Å²) in [6, 6.07) is 0. The molecular formula is C13H26O2. The van der Waals surface area contributed by atoms with Gasteiger partial charge in [-0.1, -0.05) is 33.6 Å². The maximum atomic E-state index is 10.1. The third-order valence-electron chi connectivity index (χ3n) is 3.36. The Bertz CT molecular complexity index is 171. The van der Waals surface area contributed by atoms with Crippen molar-refractivity contribution in [3.63, 3.8) is 0 Å². The van der Waals surface area contributed by atoms with Crippen LogP contribution in [-0.2, 0) is 4.74 Å². The van der Waals surface area contributed by atoms with Gasteiger partial charge in [0.25, 0.3) is 0 Å². The van der Waals surface area contributed by atoms with E-state index in [-0.39, 0.29) is 17.6 Å². The zero-order valence-electron chi connectivity index (χ0n) is 10.5. The molecule has 1 rings (SSSR count). The molecule has 1 heterocycles. The van der Waals surface area contributed by atoms with E-state index in [1.54, 1.807) is 0 Å². The number of unbranched alkanes of at least 4 members (excludes halogenated alkanes) is 1. The van der Waals surface area contributed by atoms with Crippen LogP contribution in [0.1, 0.15) is 59.3 Å². The lowest BCUT2D eigenvalue weighted by Gasteiger charge is -2.29. The first-order valence-corrected chi connectivity index (χ1v) is 6.35. The van der Waals surface area contributed by atoms with Crippen LogP contribution in [-0.4, -0.2) is 23.9 Å². The minimum Gasteiger partial charge on any atom is -0.390 e. The van der Waals surface area contributed by atoms with Crippen molar-refractivity contribution in [2.45, 2.75) is 71.5 Å². The smallest absolute Gasteiger partial charge is 0.0834 e. The summed E-state index contributed by atoms with van der Waals surface area (Å²) >= 11 is 0. The summed E-state index contributed by atoms with van der Waals surface area (Å²) in [6.07, 6.45) is 6.54. The summed E-state index contributed by atoms with van der Waals surface area (Å²) in [6.45, 7) is 7.55. The first-order valence-electron chi connectivity index (χ1n) is 6.35. The third-order valence-corrected chi connectivity index (χ3v) is 3.36. The fourth-order valence-corrected chi connectivity index (χ4v) is 2.36. The molecular weight excluding hydrogens is 188 g/mol. The lowest BCUT2D eigenvalue weighted by molar-refractivity contribution is -0.0234. The topological polar surface area (TPSA) is 29.5 Å². The van der Waals surface area contributed by atoms with Crippen molar-refractivity contribution in [2.75, 3.05) is 6.61 Å².